The summed E-state index contributed by atoms with van der Waals surface area (Å²) < 4.78 is 6.03. The van der Waals surface area contributed by atoms with E-state index in [1.807, 2.05) is 6.07 Å². The van der Waals surface area contributed by atoms with Crippen LogP contribution in [0, 0.1) is 0 Å². The smallest absolute Gasteiger partial charge is 0.293 e. The maximum atomic E-state index is 12.6. The molecule has 1 aliphatic heterocycles. The van der Waals surface area contributed by atoms with Gasteiger partial charge in [0.25, 0.3) is 5.91 Å². The Balaban J connectivity index is 1.58. The number of nitrogens with zero attached hydrogens (tertiary/aromatic N) is 8. The third-order valence-corrected chi connectivity index (χ3v) is 4.31. The van der Waals surface area contributed by atoms with Crippen LogP contribution in [0.5, 0.6) is 0 Å². The van der Waals surface area contributed by atoms with Crippen molar-refractivity contribution in [3.05, 3.63) is 41.5 Å². The summed E-state index contributed by atoms with van der Waals surface area (Å²) in [6.07, 6.45) is 6.99. The molecule has 0 aromatic carbocycles. The average molecular weight is 382 g/mol. The molecule has 144 valence electrons. The van der Waals surface area contributed by atoms with Crippen LogP contribution in [0.2, 0.25) is 0 Å². The first kappa shape index (κ1) is 17.7. The fourth-order valence-corrected chi connectivity index (χ4v) is 2.95. The normalized spacial score (nSPS) is 14.7. The van der Waals surface area contributed by atoms with Gasteiger partial charge in [0.1, 0.15) is 0 Å². The third kappa shape index (κ3) is 3.71. The number of aromatic nitrogens is 6. The molecule has 12 heteroatoms. The lowest BCUT2D eigenvalue weighted by Crippen LogP contribution is -2.25. The number of carbonyl (C=O) groups excluding carboxylic acids is 1. The number of pyridine rings is 1. The molecule has 0 spiro atoms. The second kappa shape index (κ2) is 7.92. The fourth-order valence-electron chi connectivity index (χ4n) is 2.95. The first-order valence-electron chi connectivity index (χ1n) is 8.71. The van der Waals surface area contributed by atoms with E-state index < -0.39 is 5.91 Å². The van der Waals surface area contributed by atoms with Crippen molar-refractivity contribution >= 4 is 17.9 Å². The lowest BCUT2D eigenvalue weighted by molar-refractivity contribution is 0.0948. The number of hydrogen-bond acceptors (Lipinski definition) is 10. The van der Waals surface area contributed by atoms with Crippen molar-refractivity contribution in [3.8, 4) is 5.82 Å². The van der Waals surface area contributed by atoms with Crippen molar-refractivity contribution in [2.24, 2.45) is 5.10 Å². The Kier molecular flexibility index (Phi) is 5.01. The van der Waals surface area contributed by atoms with Gasteiger partial charge in [-0.2, -0.15) is 9.78 Å². The molecular formula is C16H18N10O2. The Morgan fingerprint density at radius 1 is 1.36 bits per heavy atom. The van der Waals surface area contributed by atoms with Gasteiger partial charge in [-0.05, 0) is 42.3 Å². The summed E-state index contributed by atoms with van der Waals surface area (Å²) in [5.74, 6) is -0.232. The molecule has 12 nitrogen and oxygen atoms in total. The molecule has 0 saturated carbocycles. The zero-order valence-electron chi connectivity index (χ0n) is 14.9. The molecule has 1 amide bonds. The zero-order valence-corrected chi connectivity index (χ0v) is 14.9. The van der Waals surface area contributed by atoms with E-state index in [0.717, 1.165) is 31.5 Å². The molecule has 0 bridgehead atoms. The summed E-state index contributed by atoms with van der Waals surface area (Å²) >= 11 is 0. The van der Waals surface area contributed by atoms with E-state index in [9.17, 15) is 4.79 Å². The summed E-state index contributed by atoms with van der Waals surface area (Å²) in [6, 6.07) is 3.59. The molecule has 4 heterocycles. The van der Waals surface area contributed by atoms with Crippen LogP contribution in [0.1, 0.15) is 34.6 Å². The van der Waals surface area contributed by atoms with Gasteiger partial charge in [0, 0.05) is 24.5 Å². The van der Waals surface area contributed by atoms with E-state index >= 15 is 0 Å². The maximum Gasteiger partial charge on any atom is 0.293 e. The predicted octanol–water partition coefficient (Wildman–Crippen LogP) is -0.0128. The van der Waals surface area contributed by atoms with Crippen LogP contribution in [0.25, 0.3) is 5.82 Å². The third-order valence-electron chi connectivity index (χ3n) is 4.31. The van der Waals surface area contributed by atoms with Crippen molar-refractivity contribution < 1.29 is 9.42 Å². The van der Waals surface area contributed by atoms with Crippen LogP contribution in [-0.4, -0.2) is 60.4 Å². The number of hydrazone groups is 1. The molecule has 3 aromatic heterocycles. The second-order valence-corrected chi connectivity index (χ2v) is 6.24. The topological polar surface area (TPSA) is 153 Å². The van der Waals surface area contributed by atoms with Crippen LogP contribution in [0.3, 0.4) is 0 Å². The summed E-state index contributed by atoms with van der Waals surface area (Å²) in [5.41, 5.74) is 9.68. The van der Waals surface area contributed by atoms with Crippen molar-refractivity contribution in [2.75, 3.05) is 18.8 Å². The minimum absolute atomic E-state index is 0.0640. The van der Waals surface area contributed by atoms with Gasteiger partial charge in [-0.1, -0.05) is 11.3 Å². The van der Waals surface area contributed by atoms with Gasteiger partial charge in [0.15, 0.2) is 5.69 Å². The Morgan fingerprint density at radius 3 is 2.93 bits per heavy atom. The fraction of sp³-hybridized carbons (Fsp3) is 0.312. The van der Waals surface area contributed by atoms with E-state index in [1.165, 1.54) is 10.9 Å². The lowest BCUT2D eigenvalue weighted by atomic mass is 10.2. The van der Waals surface area contributed by atoms with Gasteiger partial charge in [-0.15, -0.1) is 5.10 Å². The Labute approximate surface area is 159 Å². The van der Waals surface area contributed by atoms with Crippen LogP contribution in [0.15, 0.2) is 34.3 Å². The van der Waals surface area contributed by atoms with Crippen LogP contribution in [0.4, 0.5) is 5.82 Å². The second-order valence-electron chi connectivity index (χ2n) is 6.24. The van der Waals surface area contributed by atoms with E-state index in [2.05, 4.69) is 45.7 Å². The predicted molar refractivity (Wildman–Crippen MR) is 97.4 cm³/mol. The molecule has 0 unspecified atom stereocenters. The molecule has 0 radical (unpaired) electrons. The highest BCUT2D eigenvalue weighted by atomic mass is 16.6. The van der Waals surface area contributed by atoms with Gasteiger partial charge in [0.05, 0.1) is 11.9 Å². The van der Waals surface area contributed by atoms with Crippen molar-refractivity contribution in [1.82, 2.24) is 40.6 Å². The molecular weight excluding hydrogens is 364 g/mol. The molecule has 1 aliphatic rings. The SMILES string of the molecule is Nc1nonc1-n1nnc(C(=O)N/N=C\c2cccnc2)c1CN1CCCC1. The molecule has 4 rings (SSSR count). The van der Waals surface area contributed by atoms with Gasteiger partial charge in [0.2, 0.25) is 11.6 Å². The summed E-state index contributed by atoms with van der Waals surface area (Å²) in [4.78, 5) is 18.8. The molecule has 28 heavy (non-hydrogen) atoms. The Hall–Kier alpha value is -3.67. The van der Waals surface area contributed by atoms with Gasteiger partial charge < -0.3 is 5.73 Å². The quantitative estimate of drug-likeness (QED) is 0.442. The van der Waals surface area contributed by atoms with E-state index in [0.29, 0.717) is 12.2 Å². The monoisotopic (exact) mass is 382 g/mol. The number of nitrogen functional groups attached to an aromatic ring is 1. The maximum absolute atomic E-state index is 12.6. The molecule has 0 aliphatic carbocycles. The number of nitrogens with two attached hydrogens (primary N) is 1. The highest BCUT2D eigenvalue weighted by molar-refractivity contribution is 5.94. The van der Waals surface area contributed by atoms with E-state index in [1.54, 1.807) is 18.5 Å². The zero-order chi connectivity index (χ0) is 19.3. The number of rotatable bonds is 6. The van der Waals surface area contributed by atoms with Gasteiger partial charge >= 0.3 is 0 Å². The lowest BCUT2D eigenvalue weighted by Gasteiger charge is -2.15. The first-order chi connectivity index (χ1) is 13.7. The van der Waals surface area contributed by atoms with Crippen LogP contribution in [-0.2, 0) is 6.54 Å². The highest BCUT2D eigenvalue weighted by Gasteiger charge is 2.26. The van der Waals surface area contributed by atoms with Gasteiger partial charge in [-0.25, -0.2) is 10.1 Å². The largest absolute Gasteiger partial charge is 0.378 e. The van der Waals surface area contributed by atoms with Crippen molar-refractivity contribution in [1.29, 1.82) is 0 Å². The molecule has 1 saturated heterocycles. The number of amides is 1. The van der Waals surface area contributed by atoms with Crippen molar-refractivity contribution in [2.45, 2.75) is 19.4 Å². The molecule has 3 aromatic rings. The van der Waals surface area contributed by atoms with Crippen LogP contribution < -0.4 is 11.2 Å². The number of carbonyl (C=O) groups is 1. The molecule has 3 N–H and O–H groups in total. The summed E-state index contributed by atoms with van der Waals surface area (Å²) in [5, 5.41) is 19.3. The average Bonchev–Trinajstić information content (AvgIpc) is 3.44. The van der Waals surface area contributed by atoms with E-state index in [-0.39, 0.29) is 17.3 Å². The standard InChI is InChI=1S/C16H18N10O2/c17-14-15(23-28-22-14)26-12(10-25-6-1-2-7-25)13(20-24-26)16(27)21-19-9-11-4-3-5-18-8-11/h3-5,8-9H,1-2,6-7,10H2,(H2,17,22)(H,21,27)/b19-9-. The summed E-state index contributed by atoms with van der Waals surface area (Å²) in [6.45, 7) is 2.32. The minimum Gasteiger partial charge on any atom is -0.378 e. The van der Waals surface area contributed by atoms with E-state index in [4.69, 9.17) is 5.73 Å². The van der Waals surface area contributed by atoms with Crippen LogP contribution >= 0.6 is 0 Å². The Morgan fingerprint density at radius 2 is 2.21 bits per heavy atom. The Bertz CT molecular complexity index is 974. The number of likely N-dealkylation sites (tertiary alicyclic amines) is 1. The number of hydrogen-bond donors (Lipinski definition) is 2. The molecule has 0 atom stereocenters. The first-order valence-corrected chi connectivity index (χ1v) is 8.71. The summed E-state index contributed by atoms with van der Waals surface area (Å²) in [7, 11) is 0. The van der Waals surface area contributed by atoms with Gasteiger partial charge in [-0.3, -0.25) is 14.7 Å². The minimum atomic E-state index is -0.490. The highest BCUT2D eigenvalue weighted by Crippen LogP contribution is 2.19. The number of nitrogens with one attached hydrogen (secondary N) is 1. The molecule has 1 fully saturated rings. The number of anilines is 1. The van der Waals surface area contributed by atoms with Crippen molar-refractivity contribution in [3.63, 3.8) is 0 Å².